The van der Waals surface area contributed by atoms with Gasteiger partial charge in [0.15, 0.2) is 0 Å². The number of rotatable bonds is 4. The van der Waals surface area contributed by atoms with Crippen LogP contribution in [0, 0.1) is 17.8 Å². The molecule has 2 saturated carbocycles. The molecule has 0 aliphatic heterocycles. The lowest BCUT2D eigenvalue weighted by Crippen LogP contribution is -2.49. The Labute approximate surface area is 125 Å². The van der Waals surface area contributed by atoms with E-state index in [9.17, 15) is 10.2 Å². The zero-order chi connectivity index (χ0) is 14.8. The van der Waals surface area contributed by atoms with Crippen LogP contribution >= 0.6 is 0 Å². The van der Waals surface area contributed by atoms with Crippen LogP contribution in [0.4, 0.5) is 0 Å². The molecule has 3 atom stereocenters. The quantitative estimate of drug-likeness (QED) is 0.807. The van der Waals surface area contributed by atoms with Gasteiger partial charge in [-0.05, 0) is 56.3 Å². The van der Waals surface area contributed by atoms with Crippen LogP contribution in [0.1, 0.15) is 85.0 Å². The molecule has 20 heavy (non-hydrogen) atoms. The van der Waals surface area contributed by atoms with E-state index in [0.29, 0.717) is 12.3 Å². The molecule has 2 rings (SSSR count). The fraction of sp³-hybridized carbons (Fsp3) is 1.00. The normalized spacial score (nSPS) is 38.1. The van der Waals surface area contributed by atoms with Gasteiger partial charge in [0.25, 0.3) is 0 Å². The Morgan fingerprint density at radius 1 is 1.05 bits per heavy atom. The first-order chi connectivity index (χ1) is 9.33. The van der Waals surface area contributed by atoms with Gasteiger partial charge >= 0.3 is 0 Å². The molecule has 3 unspecified atom stereocenters. The third-order valence-electron chi connectivity index (χ3n) is 5.81. The highest BCUT2D eigenvalue weighted by atomic mass is 16.3. The van der Waals surface area contributed by atoms with Gasteiger partial charge in [-0.25, -0.2) is 0 Å². The molecule has 2 aliphatic carbocycles. The second-order valence-electron chi connectivity index (χ2n) is 8.24. The van der Waals surface area contributed by atoms with Crippen molar-refractivity contribution in [2.75, 3.05) is 0 Å². The van der Waals surface area contributed by atoms with Crippen molar-refractivity contribution < 1.29 is 10.2 Å². The average molecular weight is 282 g/mol. The zero-order valence-corrected chi connectivity index (χ0v) is 13.7. The first kappa shape index (κ1) is 16.3. The van der Waals surface area contributed by atoms with Crippen LogP contribution in [0.3, 0.4) is 0 Å². The summed E-state index contributed by atoms with van der Waals surface area (Å²) in [6, 6.07) is 0. The van der Waals surface area contributed by atoms with Gasteiger partial charge in [0.2, 0.25) is 0 Å². The summed E-state index contributed by atoms with van der Waals surface area (Å²) >= 11 is 0. The van der Waals surface area contributed by atoms with Crippen LogP contribution in [0.25, 0.3) is 0 Å². The van der Waals surface area contributed by atoms with Crippen LogP contribution in [-0.4, -0.2) is 21.4 Å². The Hall–Kier alpha value is -0.0800. The molecule has 0 radical (unpaired) electrons. The minimum absolute atomic E-state index is 0.325. The molecule has 2 N–H and O–H groups in total. The van der Waals surface area contributed by atoms with Crippen LogP contribution in [0.2, 0.25) is 0 Å². The average Bonchev–Trinajstić information content (AvgIpc) is 2.34. The van der Waals surface area contributed by atoms with Crippen molar-refractivity contribution in [1.82, 2.24) is 0 Å². The molecule has 2 fully saturated rings. The Bertz CT molecular complexity index is 307. The van der Waals surface area contributed by atoms with Gasteiger partial charge in [0, 0.05) is 6.42 Å². The van der Waals surface area contributed by atoms with Crippen molar-refractivity contribution >= 4 is 0 Å². The maximum absolute atomic E-state index is 11.0. The lowest BCUT2D eigenvalue weighted by Gasteiger charge is -2.47. The highest BCUT2D eigenvalue weighted by Gasteiger charge is 2.45. The smallest absolute Gasteiger partial charge is 0.0700 e. The van der Waals surface area contributed by atoms with E-state index in [2.05, 4.69) is 20.8 Å². The number of hydrogen-bond acceptors (Lipinski definition) is 2. The van der Waals surface area contributed by atoms with E-state index in [1.54, 1.807) is 0 Å². The van der Waals surface area contributed by atoms with Crippen molar-refractivity contribution in [3.8, 4) is 0 Å². The van der Waals surface area contributed by atoms with Crippen LogP contribution in [-0.2, 0) is 0 Å². The van der Waals surface area contributed by atoms with E-state index in [-0.39, 0.29) is 0 Å². The third-order valence-corrected chi connectivity index (χ3v) is 5.81. The monoisotopic (exact) mass is 282 g/mol. The second-order valence-corrected chi connectivity index (χ2v) is 8.24. The van der Waals surface area contributed by atoms with Crippen molar-refractivity contribution in [3.05, 3.63) is 0 Å². The molecule has 0 bridgehead atoms. The summed E-state index contributed by atoms with van der Waals surface area (Å²) in [5, 5.41) is 21.8. The molecule has 0 spiro atoms. The van der Waals surface area contributed by atoms with Crippen molar-refractivity contribution in [1.29, 1.82) is 0 Å². The molecule has 0 amide bonds. The summed E-state index contributed by atoms with van der Waals surface area (Å²) in [7, 11) is 0. The molecule has 0 aromatic rings. The summed E-state index contributed by atoms with van der Waals surface area (Å²) in [6.45, 7) is 6.77. The van der Waals surface area contributed by atoms with Gasteiger partial charge in [-0.3, -0.25) is 0 Å². The minimum Gasteiger partial charge on any atom is -0.390 e. The molecule has 0 aromatic carbocycles. The molecule has 2 heteroatoms. The van der Waals surface area contributed by atoms with Gasteiger partial charge in [0.05, 0.1) is 11.2 Å². The van der Waals surface area contributed by atoms with Crippen LogP contribution in [0.5, 0.6) is 0 Å². The minimum atomic E-state index is -0.625. The summed E-state index contributed by atoms with van der Waals surface area (Å²) in [6.07, 6.45) is 10.3. The maximum Gasteiger partial charge on any atom is 0.0700 e. The van der Waals surface area contributed by atoms with Gasteiger partial charge in [-0.15, -0.1) is 0 Å². The van der Waals surface area contributed by atoms with Gasteiger partial charge in [-0.1, -0.05) is 40.0 Å². The van der Waals surface area contributed by atoms with E-state index < -0.39 is 11.2 Å². The highest BCUT2D eigenvalue weighted by Crippen LogP contribution is 2.45. The largest absolute Gasteiger partial charge is 0.390 e. The highest BCUT2D eigenvalue weighted by molar-refractivity contribution is 4.97. The topological polar surface area (TPSA) is 40.5 Å². The Balaban J connectivity index is 1.93. The van der Waals surface area contributed by atoms with Crippen LogP contribution < -0.4 is 0 Å². The van der Waals surface area contributed by atoms with E-state index in [0.717, 1.165) is 56.8 Å². The Morgan fingerprint density at radius 2 is 1.70 bits per heavy atom. The molecule has 2 aliphatic rings. The van der Waals surface area contributed by atoms with Gasteiger partial charge < -0.3 is 10.2 Å². The molecular formula is C18H34O2. The molecule has 2 nitrogen and oxygen atoms in total. The first-order valence-corrected chi connectivity index (χ1v) is 8.78. The fourth-order valence-electron chi connectivity index (χ4n) is 4.64. The van der Waals surface area contributed by atoms with Crippen molar-refractivity contribution in [3.63, 3.8) is 0 Å². The molecule has 0 heterocycles. The summed E-state index contributed by atoms with van der Waals surface area (Å²) in [5.41, 5.74) is -1.22. The van der Waals surface area contributed by atoms with Crippen molar-refractivity contribution in [2.24, 2.45) is 17.8 Å². The maximum atomic E-state index is 11.0. The standard InChI is InChI=1S/C18H34O2/c1-14(2)11-16-7-10-18(20,15(3)12-16)13-17(19)8-5-4-6-9-17/h14-16,19-20H,4-13H2,1-3H3. The lowest BCUT2D eigenvalue weighted by molar-refractivity contribution is -0.126. The van der Waals surface area contributed by atoms with Gasteiger partial charge in [0.1, 0.15) is 0 Å². The number of hydrogen-bond donors (Lipinski definition) is 2. The molecule has 0 saturated heterocycles. The molecular weight excluding hydrogens is 248 g/mol. The van der Waals surface area contributed by atoms with E-state index in [1.807, 2.05) is 0 Å². The lowest BCUT2D eigenvalue weighted by atomic mass is 9.64. The third kappa shape index (κ3) is 3.98. The SMILES string of the molecule is CC(C)CC1CCC(O)(CC2(O)CCCCC2)C(C)C1. The van der Waals surface area contributed by atoms with Crippen LogP contribution in [0.15, 0.2) is 0 Å². The summed E-state index contributed by atoms with van der Waals surface area (Å²) in [5.74, 6) is 1.85. The first-order valence-electron chi connectivity index (χ1n) is 8.78. The van der Waals surface area contributed by atoms with Gasteiger partial charge in [-0.2, -0.15) is 0 Å². The Morgan fingerprint density at radius 3 is 2.25 bits per heavy atom. The summed E-state index contributed by atoms with van der Waals surface area (Å²) in [4.78, 5) is 0. The predicted octanol–water partition coefficient (Wildman–Crippen LogP) is 4.29. The zero-order valence-electron chi connectivity index (χ0n) is 13.7. The number of aliphatic hydroxyl groups is 2. The predicted molar refractivity (Wildman–Crippen MR) is 83.6 cm³/mol. The second kappa shape index (κ2) is 6.36. The van der Waals surface area contributed by atoms with E-state index in [4.69, 9.17) is 0 Å². The van der Waals surface area contributed by atoms with E-state index in [1.165, 1.54) is 12.8 Å². The fourth-order valence-corrected chi connectivity index (χ4v) is 4.64. The summed E-state index contributed by atoms with van der Waals surface area (Å²) < 4.78 is 0. The Kier molecular flexibility index (Phi) is 5.18. The van der Waals surface area contributed by atoms with E-state index >= 15 is 0 Å². The molecule has 0 aromatic heterocycles. The molecule has 118 valence electrons. The van der Waals surface area contributed by atoms with Crippen molar-refractivity contribution in [2.45, 2.75) is 96.2 Å².